The molecule has 3 amide bonds. The Morgan fingerprint density at radius 3 is 1.92 bits per heavy atom. The molecule has 0 radical (unpaired) electrons. The van der Waals surface area contributed by atoms with Crippen LogP contribution in [0.15, 0.2) is 30.3 Å². The van der Waals surface area contributed by atoms with Gasteiger partial charge in [-0.2, -0.15) is 0 Å². The average molecular weight is 536 g/mol. The number of nitrogens with two attached hydrogens (primary N) is 2. The first kappa shape index (κ1) is 32.5. The van der Waals surface area contributed by atoms with Gasteiger partial charge in [-0.3, -0.25) is 19.2 Å². The molecule has 1 aromatic carbocycles. The molecule has 212 valence electrons. The molecule has 0 saturated heterocycles. The lowest BCUT2D eigenvalue weighted by molar-refractivity contribution is -0.143. The van der Waals surface area contributed by atoms with Crippen LogP contribution in [-0.4, -0.2) is 70.6 Å². The van der Waals surface area contributed by atoms with Crippen LogP contribution in [0, 0.1) is 5.92 Å². The molecule has 0 bridgehead atoms. The molecule has 12 heteroatoms. The van der Waals surface area contributed by atoms with Crippen molar-refractivity contribution >= 4 is 29.7 Å². The van der Waals surface area contributed by atoms with Crippen LogP contribution in [0.5, 0.6) is 0 Å². The summed E-state index contributed by atoms with van der Waals surface area (Å²) in [6.45, 7) is 4.09. The van der Waals surface area contributed by atoms with Crippen LogP contribution in [0.1, 0.15) is 57.9 Å². The second-order valence-corrected chi connectivity index (χ2v) is 9.34. The van der Waals surface area contributed by atoms with Crippen molar-refractivity contribution in [1.82, 2.24) is 16.0 Å². The van der Waals surface area contributed by atoms with E-state index in [1.54, 1.807) is 30.3 Å². The monoisotopic (exact) mass is 535 g/mol. The number of hydrogen-bond donors (Lipinski definition) is 7. The number of rotatable bonds is 18. The zero-order valence-electron chi connectivity index (χ0n) is 22.0. The van der Waals surface area contributed by atoms with Gasteiger partial charge in [0.1, 0.15) is 18.1 Å². The third-order valence-corrected chi connectivity index (χ3v) is 6.32. The maximum atomic E-state index is 13.2. The Balaban J connectivity index is 3.05. The van der Waals surface area contributed by atoms with Crippen LogP contribution in [0.3, 0.4) is 0 Å². The van der Waals surface area contributed by atoms with E-state index in [1.807, 2.05) is 13.8 Å². The summed E-state index contributed by atoms with van der Waals surface area (Å²) in [6.07, 6.45) is 1.26. The van der Waals surface area contributed by atoms with Gasteiger partial charge in [0, 0.05) is 12.8 Å². The Morgan fingerprint density at radius 1 is 0.842 bits per heavy atom. The number of carboxylic acids is 2. The lowest BCUT2D eigenvalue weighted by atomic mass is 9.98. The zero-order chi connectivity index (χ0) is 28.7. The number of unbranched alkanes of at least 4 members (excludes halogenated alkanes) is 1. The lowest BCUT2D eigenvalue weighted by Crippen LogP contribution is -2.57. The largest absolute Gasteiger partial charge is 0.481 e. The number of carbonyl (C=O) groups excluding carboxylic acids is 3. The first-order valence-electron chi connectivity index (χ1n) is 12.8. The smallest absolute Gasteiger partial charge is 0.326 e. The van der Waals surface area contributed by atoms with Crippen LogP contribution < -0.4 is 27.4 Å². The molecular formula is C26H41N5O7. The SMILES string of the molecule is CCC(C)C(N)C(=O)NC(CCCCN)C(=O)NC(CCC(=O)O)C(=O)NC(Cc1ccccc1)C(=O)O. The van der Waals surface area contributed by atoms with Gasteiger partial charge in [-0.25, -0.2) is 4.79 Å². The molecule has 1 rings (SSSR count). The van der Waals surface area contributed by atoms with Crippen LogP contribution in [0.2, 0.25) is 0 Å². The molecule has 12 nitrogen and oxygen atoms in total. The predicted octanol–water partition coefficient (Wildman–Crippen LogP) is 0.135. The Hall–Kier alpha value is -3.51. The van der Waals surface area contributed by atoms with Gasteiger partial charge in [0.25, 0.3) is 0 Å². The summed E-state index contributed by atoms with van der Waals surface area (Å²) in [7, 11) is 0. The van der Waals surface area contributed by atoms with Crippen molar-refractivity contribution < 1.29 is 34.2 Å². The van der Waals surface area contributed by atoms with Crippen molar-refractivity contribution in [1.29, 1.82) is 0 Å². The Morgan fingerprint density at radius 2 is 1.39 bits per heavy atom. The summed E-state index contributed by atoms with van der Waals surface area (Å²) >= 11 is 0. The first-order valence-corrected chi connectivity index (χ1v) is 12.8. The Labute approximate surface area is 222 Å². The van der Waals surface area contributed by atoms with Crippen molar-refractivity contribution in [2.24, 2.45) is 17.4 Å². The van der Waals surface area contributed by atoms with E-state index in [0.717, 1.165) is 0 Å². The summed E-state index contributed by atoms with van der Waals surface area (Å²) in [5.41, 5.74) is 12.2. The number of aliphatic carboxylic acids is 2. The molecule has 5 unspecified atom stereocenters. The van der Waals surface area contributed by atoms with Crippen molar-refractivity contribution in [3.8, 4) is 0 Å². The van der Waals surface area contributed by atoms with E-state index in [-0.39, 0.29) is 25.2 Å². The first-order chi connectivity index (χ1) is 18.0. The van der Waals surface area contributed by atoms with Crippen LogP contribution >= 0.6 is 0 Å². The molecule has 0 saturated carbocycles. The number of carbonyl (C=O) groups is 5. The van der Waals surface area contributed by atoms with E-state index in [9.17, 15) is 29.1 Å². The fourth-order valence-corrected chi connectivity index (χ4v) is 3.67. The van der Waals surface area contributed by atoms with Gasteiger partial charge in [0.05, 0.1) is 6.04 Å². The quantitative estimate of drug-likeness (QED) is 0.127. The number of nitrogens with one attached hydrogen (secondary N) is 3. The highest BCUT2D eigenvalue weighted by Gasteiger charge is 2.31. The third-order valence-electron chi connectivity index (χ3n) is 6.32. The van der Waals surface area contributed by atoms with Crippen molar-refractivity contribution in [3.05, 3.63) is 35.9 Å². The maximum Gasteiger partial charge on any atom is 0.326 e. The zero-order valence-corrected chi connectivity index (χ0v) is 22.0. The average Bonchev–Trinajstić information content (AvgIpc) is 2.89. The van der Waals surface area contributed by atoms with Crippen molar-refractivity contribution in [2.45, 2.75) is 83.0 Å². The minimum absolute atomic E-state index is 0.00716. The van der Waals surface area contributed by atoms with Crippen LogP contribution in [0.4, 0.5) is 0 Å². The van der Waals surface area contributed by atoms with Gasteiger partial charge in [-0.05, 0) is 43.7 Å². The number of hydrogen-bond acceptors (Lipinski definition) is 7. The van der Waals surface area contributed by atoms with Gasteiger partial charge < -0.3 is 37.6 Å². The standard InChI is InChI=1S/C26H41N5O7/c1-3-16(2)22(28)25(36)30-18(11-7-8-14-27)23(34)29-19(12-13-21(32)33)24(35)31-20(26(37)38)15-17-9-5-4-6-10-17/h4-6,9-10,16,18-20,22H,3,7-8,11-15,27-28H2,1-2H3,(H,29,34)(H,30,36)(H,31,35)(H,32,33)(H,37,38). The highest BCUT2D eigenvalue weighted by atomic mass is 16.4. The molecule has 0 aliphatic rings. The number of carboxylic acid groups (broad SMARTS) is 2. The van der Waals surface area contributed by atoms with E-state index >= 15 is 0 Å². The minimum Gasteiger partial charge on any atom is -0.481 e. The van der Waals surface area contributed by atoms with E-state index in [1.165, 1.54) is 0 Å². The molecular weight excluding hydrogens is 494 g/mol. The minimum atomic E-state index is -1.34. The molecule has 0 fully saturated rings. The Kier molecular flexibility index (Phi) is 14.6. The van der Waals surface area contributed by atoms with Gasteiger partial charge >= 0.3 is 11.9 Å². The van der Waals surface area contributed by atoms with Gasteiger partial charge in [0.15, 0.2) is 0 Å². The summed E-state index contributed by atoms with van der Waals surface area (Å²) in [5.74, 6) is -4.67. The summed E-state index contributed by atoms with van der Waals surface area (Å²) in [4.78, 5) is 61.8. The van der Waals surface area contributed by atoms with E-state index in [2.05, 4.69) is 16.0 Å². The second kappa shape index (κ2) is 17.1. The van der Waals surface area contributed by atoms with Crippen LogP contribution in [-0.2, 0) is 30.4 Å². The lowest BCUT2D eigenvalue weighted by Gasteiger charge is -2.26. The number of amides is 3. The van der Waals surface area contributed by atoms with Crippen molar-refractivity contribution in [2.75, 3.05) is 6.54 Å². The fraction of sp³-hybridized carbons (Fsp3) is 0.577. The summed E-state index contributed by atoms with van der Waals surface area (Å²) in [6, 6.07) is 4.14. The molecule has 9 N–H and O–H groups in total. The molecule has 1 aromatic rings. The van der Waals surface area contributed by atoms with Crippen molar-refractivity contribution in [3.63, 3.8) is 0 Å². The fourth-order valence-electron chi connectivity index (χ4n) is 3.67. The molecule has 0 spiro atoms. The maximum absolute atomic E-state index is 13.2. The highest BCUT2D eigenvalue weighted by molar-refractivity contribution is 5.94. The third kappa shape index (κ3) is 11.7. The Bertz CT molecular complexity index is 928. The molecule has 0 heterocycles. The summed E-state index contributed by atoms with van der Waals surface area (Å²) < 4.78 is 0. The van der Waals surface area contributed by atoms with E-state index < -0.39 is 60.2 Å². The van der Waals surface area contributed by atoms with Gasteiger partial charge in [-0.15, -0.1) is 0 Å². The van der Waals surface area contributed by atoms with Crippen LogP contribution in [0.25, 0.3) is 0 Å². The van der Waals surface area contributed by atoms with E-state index in [4.69, 9.17) is 16.6 Å². The normalized spacial score (nSPS) is 14.8. The number of benzene rings is 1. The molecule has 0 aliphatic heterocycles. The van der Waals surface area contributed by atoms with E-state index in [0.29, 0.717) is 31.4 Å². The predicted molar refractivity (Wildman–Crippen MR) is 141 cm³/mol. The molecule has 0 aromatic heterocycles. The molecule has 0 aliphatic carbocycles. The second-order valence-electron chi connectivity index (χ2n) is 9.34. The molecule has 38 heavy (non-hydrogen) atoms. The summed E-state index contributed by atoms with van der Waals surface area (Å²) in [5, 5.41) is 26.3. The topological polar surface area (TPSA) is 214 Å². The highest BCUT2D eigenvalue weighted by Crippen LogP contribution is 2.09. The molecule has 5 atom stereocenters. The van der Waals surface area contributed by atoms with Gasteiger partial charge in [0.2, 0.25) is 17.7 Å². The van der Waals surface area contributed by atoms with Gasteiger partial charge in [-0.1, -0.05) is 50.6 Å².